The Morgan fingerprint density at radius 3 is 2.11 bits per heavy atom. The predicted molar refractivity (Wildman–Crippen MR) is 110 cm³/mol. The van der Waals surface area contributed by atoms with Gasteiger partial charge in [-0.2, -0.15) is 0 Å². The highest BCUT2D eigenvalue weighted by molar-refractivity contribution is 5.10. The zero-order chi connectivity index (χ0) is 18.3. The Morgan fingerprint density at radius 2 is 1.30 bits per heavy atom. The molecule has 1 N–H and O–H groups in total. The van der Waals surface area contributed by atoms with Crippen LogP contribution >= 0.6 is 0 Å². The van der Waals surface area contributed by atoms with Crippen LogP contribution in [0.15, 0.2) is 0 Å². The number of fused-ring (bicyclic) bond motifs is 4. The minimum atomic E-state index is -0.0294. The number of aliphatic hydroxyl groups excluding tert-OH is 1. The molecule has 2 bridgehead atoms. The topological polar surface area (TPSA) is 29.5 Å². The van der Waals surface area contributed by atoms with Crippen LogP contribution in [-0.2, 0) is 4.74 Å². The summed E-state index contributed by atoms with van der Waals surface area (Å²) in [5.74, 6) is 4.43. The molecule has 0 spiro atoms. The summed E-state index contributed by atoms with van der Waals surface area (Å²) in [5.41, 5.74) is 0.451. The second-order valence-electron chi connectivity index (χ2n) is 10.9. The quantitative estimate of drug-likeness (QED) is 0.632. The number of ether oxygens (including phenoxy) is 1. The average molecular weight is 375 g/mol. The second kappa shape index (κ2) is 7.98. The van der Waals surface area contributed by atoms with E-state index in [0.717, 1.165) is 49.0 Å². The second-order valence-corrected chi connectivity index (χ2v) is 10.9. The van der Waals surface area contributed by atoms with Crippen LogP contribution in [0.1, 0.15) is 103 Å². The first-order valence-electron chi connectivity index (χ1n) is 12.6. The molecule has 0 aromatic carbocycles. The van der Waals surface area contributed by atoms with Crippen molar-refractivity contribution in [3.63, 3.8) is 0 Å². The molecule has 0 amide bonds. The molecule has 0 aromatic rings. The van der Waals surface area contributed by atoms with E-state index in [2.05, 4.69) is 0 Å². The SMILES string of the molecule is OC1CCC(C2(C3CCCCC3)C3CCCCC(C3)C3CCCOC32)CC1. The van der Waals surface area contributed by atoms with E-state index < -0.39 is 0 Å². The van der Waals surface area contributed by atoms with E-state index >= 15 is 0 Å². The molecule has 1 saturated heterocycles. The van der Waals surface area contributed by atoms with Gasteiger partial charge in [0.25, 0.3) is 0 Å². The van der Waals surface area contributed by atoms with Gasteiger partial charge < -0.3 is 9.84 Å². The van der Waals surface area contributed by atoms with Crippen molar-refractivity contribution in [2.75, 3.05) is 6.61 Å². The van der Waals surface area contributed by atoms with E-state index in [4.69, 9.17) is 4.74 Å². The largest absolute Gasteiger partial charge is 0.393 e. The Labute approximate surface area is 166 Å². The fourth-order valence-electron chi connectivity index (χ4n) is 8.92. The minimum absolute atomic E-state index is 0.0294. The van der Waals surface area contributed by atoms with Crippen LogP contribution in [0.3, 0.4) is 0 Å². The Bertz CT molecular complexity index is 491. The molecule has 2 heteroatoms. The maximum absolute atomic E-state index is 10.2. The van der Waals surface area contributed by atoms with Gasteiger partial charge in [-0.05, 0) is 93.8 Å². The summed E-state index contributed by atoms with van der Waals surface area (Å²) in [4.78, 5) is 0. The summed E-state index contributed by atoms with van der Waals surface area (Å²) in [6, 6.07) is 0. The highest BCUT2D eigenvalue weighted by Gasteiger charge is 2.62. The lowest BCUT2D eigenvalue weighted by Crippen LogP contribution is -2.62. The smallest absolute Gasteiger partial charge is 0.0670 e. The van der Waals surface area contributed by atoms with Crippen LogP contribution in [0, 0.1) is 35.0 Å². The Balaban J connectivity index is 1.57. The van der Waals surface area contributed by atoms with Gasteiger partial charge in [0.1, 0.15) is 0 Å². The van der Waals surface area contributed by atoms with Crippen molar-refractivity contribution in [1.29, 1.82) is 0 Å². The van der Waals surface area contributed by atoms with Crippen molar-refractivity contribution in [3.8, 4) is 0 Å². The molecule has 4 aliphatic carbocycles. The van der Waals surface area contributed by atoms with E-state index in [9.17, 15) is 5.11 Å². The molecule has 5 fully saturated rings. The molecule has 1 aliphatic heterocycles. The Morgan fingerprint density at radius 1 is 0.630 bits per heavy atom. The highest BCUT2D eigenvalue weighted by atomic mass is 16.5. The van der Waals surface area contributed by atoms with E-state index in [1.54, 1.807) is 0 Å². The molecule has 27 heavy (non-hydrogen) atoms. The monoisotopic (exact) mass is 374 g/mol. The van der Waals surface area contributed by atoms with Crippen LogP contribution in [-0.4, -0.2) is 23.9 Å². The normalized spacial score (nSPS) is 49.2. The van der Waals surface area contributed by atoms with Gasteiger partial charge in [0.2, 0.25) is 0 Å². The van der Waals surface area contributed by atoms with Crippen LogP contribution in [0.4, 0.5) is 0 Å². The fraction of sp³-hybridized carbons (Fsp3) is 1.00. The van der Waals surface area contributed by atoms with Gasteiger partial charge in [0.05, 0.1) is 12.2 Å². The molecule has 5 aliphatic rings. The van der Waals surface area contributed by atoms with E-state index in [1.807, 2.05) is 0 Å². The van der Waals surface area contributed by atoms with E-state index in [1.165, 1.54) is 89.9 Å². The molecule has 5 unspecified atom stereocenters. The highest BCUT2D eigenvalue weighted by Crippen LogP contribution is 2.65. The Hall–Kier alpha value is -0.0800. The first-order chi connectivity index (χ1) is 13.3. The van der Waals surface area contributed by atoms with Gasteiger partial charge in [-0.3, -0.25) is 0 Å². The molecule has 5 atom stereocenters. The first-order valence-corrected chi connectivity index (χ1v) is 12.6. The lowest BCUT2D eigenvalue weighted by Gasteiger charge is -2.64. The Kier molecular flexibility index (Phi) is 5.59. The molecule has 154 valence electrons. The van der Waals surface area contributed by atoms with Gasteiger partial charge in [0.15, 0.2) is 0 Å². The van der Waals surface area contributed by atoms with Gasteiger partial charge in [0, 0.05) is 12.0 Å². The summed E-state index contributed by atoms with van der Waals surface area (Å²) < 4.78 is 6.86. The van der Waals surface area contributed by atoms with Gasteiger partial charge in [-0.1, -0.05) is 38.5 Å². The number of hydrogen-bond acceptors (Lipinski definition) is 2. The molecule has 0 aromatic heterocycles. The standard InChI is InChI=1S/C25H42O2/c26-22-14-12-20(13-15-22)25(19-8-2-1-3-9-19)21-10-5-4-7-18(17-21)23-11-6-16-27-24(23)25/h18-24,26H,1-17H2. The molecular weight excluding hydrogens is 332 g/mol. The molecule has 4 saturated carbocycles. The summed E-state index contributed by atoms with van der Waals surface area (Å²) in [5, 5.41) is 10.2. The van der Waals surface area contributed by atoms with Gasteiger partial charge in [-0.15, -0.1) is 0 Å². The fourth-order valence-corrected chi connectivity index (χ4v) is 8.92. The number of rotatable bonds is 2. The predicted octanol–water partition coefficient (Wildman–Crippen LogP) is 6.11. The molecule has 1 heterocycles. The third-order valence-electron chi connectivity index (χ3n) is 9.85. The maximum atomic E-state index is 10.2. The molecule has 5 rings (SSSR count). The summed E-state index contributed by atoms with van der Waals surface area (Å²) in [7, 11) is 0. The van der Waals surface area contributed by atoms with Crippen molar-refractivity contribution in [3.05, 3.63) is 0 Å². The summed E-state index contributed by atoms with van der Waals surface area (Å²) in [6.45, 7) is 1.02. The average Bonchev–Trinajstić information content (AvgIpc) is 2.95. The van der Waals surface area contributed by atoms with Crippen LogP contribution < -0.4 is 0 Å². The molecular formula is C25H42O2. The molecule has 0 radical (unpaired) electrons. The van der Waals surface area contributed by atoms with Crippen molar-refractivity contribution < 1.29 is 9.84 Å². The van der Waals surface area contributed by atoms with E-state index in [-0.39, 0.29) is 6.10 Å². The molecule has 2 nitrogen and oxygen atoms in total. The van der Waals surface area contributed by atoms with Crippen LogP contribution in [0.2, 0.25) is 0 Å². The zero-order valence-electron chi connectivity index (χ0n) is 17.4. The summed E-state index contributed by atoms with van der Waals surface area (Å²) >= 11 is 0. The van der Waals surface area contributed by atoms with Gasteiger partial charge >= 0.3 is 0 Å². The maximum Gasteiger partial charge on any atom is 0.0670 e. The van der Waals surface area contributed by atoms with Crippen molar-refractivity contribution in [2.45, 2.75) is 115 Å². The number of hydrogen-bond donors (Lipinski definition) is 1. The lowest BCUT2D eigenvalue weighted by atomic mass is 9.44. The van der Waals surface area contributed by atoms with E-state index in [0.29, 0.717) is 11.5 Å². The van der Waals surface area contributed by atoms with Crippen molar-refractivity contribution >= 4 is 0 Å². The lowest BCUT2D eigenvalue weighted by molar-refractivity contribution is -0.225. The van der Waals surface area contributed by atoms with Gasteiger partial charge in [-0.25, -0.2) is 0 Å². The van der Waals surface area contributed by atoms with Crippen LogP contribution in [0.5, 0.6) is 0 Å². The van der Waals surface area contributed by atoms with Crippen molar-refractivity contribution in [1.82, 2.24) is 0 Å². The minimum Gasteiger partial charge on any atom is -0.393 e. The zero-order valence-corrected chi connectivity index (χ0v) is 17.4. The number of aliphatic hydroxyl groups is 1. The third kappa shape index (κ3) is 3.21. The van der Waals surface area contributed by atoms with Crippen LogP contribution in [0.25, 0.3) is 0 Å². The summed E-state index contributed by atoms with van der Waals surface area (Å²) in [6.07, 6.45) is 22.6. The third-order valence-corrected chi connectivity index (χ3v) is 9.85. The van der Waals surface area contributed by atoms with Crippen molar-refractivity contribution in [2.24, 2.45) is 35.0 Å². The first kappa shape index (κ1) is 18.9.